The van der Waals surface area contributed by atoms with Crippen LogP contribution in [0, 0.1) is 0 Å². The van der Waals surface area contributed by atoms with Gasteiger partial charge in [-0.3, -0.25) is 9.59 Å². The quantitative estimate of drug-likeness (QED) is 0.940. The molecule has 1 atom stereocenters. The summed E-state index contributed by atoms with van der Waals surface area (Å²) in [4.78, 5) is 26.0. The lowest BCUT2D eigenvalue weighted by Gasteiger charge is -2.32. The minimum absolute atomic E-state index is 0.180. The molecule has 1 unspecified atom stereocenters. The first-order valence-electron chi connectivity index (χ1n) is 7.95. The number of hydrogen-bond acceptors (Lipinski definition) is 3. The highest BCUT2D eigenvalue weighted by atomic mass is 16.5. The van der Waals surface area contributed by atoms with Crippen molar-refractivity contribution in [3.05, 3.63) is 60.2 Å². The Morgan fingerprint density at radius 3 is 2.29 bits per heavy atom. The number of likely N-dealkylation sites (tertiary alicyclic amines) is 1. The van der Waals surface area contributed by atoms with E-state index in [1.54, 1.807) is 36.1 Å². The summed E-state index contributed by atoms with van der Waals surface area (Å²) in [6.07, 6.45) is 1.38. The summed E-state index contributed by atoms with van der Waals surface area (Å²) in [5, 5.41) is 0. The number of para-hydroxylation sites is 1. The molecule has 5 nitrogen and oxygen atoms in total. The molecule has 5 heteroatoms. The third-order valence-corrected chi connectivity index (χ3v) is 4.50. The summed E-state index contributed by atoms with van der Waals surface area (Å²) in [7, 11) is 0. The number of nitrogens with two attached hydrogens (primary N) is 1. The van der Waals surface area contributed by atoms with Crippen molar-refractivity contribution >= 4 is 11.8 Å². The predicted octanol–water partition coefficient (Wildman–Crippen LogP) is 2.96. The fraction of sp³-hybridized carbons (Fsp3) is 0.263. The summed E-state index contributed by atoms with van der Waals surface area (Å²) in [6, 6.07) is 16.3. The SMILES string of the molecule is CC1(C(N)=O)CCCN1C(=O)c1ccc(Oc2ccccc2)cc1. The van der Waals surface area contributed by atoms with Gasteiger partial charge in [-0.1, -0.05) is 18.2 Å². The molecule has 1 aliphatic heterocycles. The summed E-state index contributed by atoms with van der Waals surface area (Å²) < 4.78 is 5.72. The van der Waals surface area contributed by atoms with Crippen LogP contribution in [0.2, 0.25) is 0 Å². The first-order chi connectivity index (χ1) is 11.5. The van der Waals surface area contributed by atoms with Crippen LogP contribution < -0.4 is 10.5 Å². The maximum Gasteiger partial charge on any atom is 0.254 e. The van der Waals surface area contributed by atoms with Gasteiger partial charge in [-0.05, 0) is 56.2 Å². The molecule has 3 rings (SSSR count). The summed E-state index contributed by atoms with van der Waals surface area (Å²) >= 11 is 0. The average Bonchev–Trinajstić information content (AvgIpc) is 2.99. The van der Waals surface area contributed by atoms with Gasteiger partial charge in [-0.15, -0.1) is 0 Å². The lowest BCUT2D eigenvalue weighted by Crippen LogP contribution is -2.53. The smallest absolute Gasteiger partial charge is 0.254 e. The molecule has 0 aliphatic carbocycles. The van der Waals surface area contributed by atoms with Gasteiger partial charge in [0, 0.05) is 12.1 Å². The number of primary amides is 1. The lowest BCUT2D eigenvalue weighted by atomic mass is 9.97. The Morgan fingerprint density at radius 1 is 1.04 bits per heavy atom. The van der Waals surface area contributed by atoms with Gasteiger partial charge in [0.05, 0.1) is 0 Å². The molecule has 2 aromatic carbocycles. The molecule has 0 radical (unpaired) electrons. The van der Waals surface area contributed by atoms with Gasteiger partial charge >= 0.3 is 0 Å². The number of benzene rings is 2. The average molecular weight is 324 g/mol. The molecule has 1 heterocycles. The molecule has 1 fully saturated rings. The third kappa shape index (κ3) is 2.97. The molecule has 2 amide bonds. The second-order valence-electron chi connectivity index (χ2n) is 6.14. The minimum atomic E-state index is -0.906. The number of carbonyl (C=O) groups is 2. The second kappa shape index (κ2) is 6.35. The van der Waals surface area contributed by atoms with Crippen molar-refractivity contribution in [2.75, 3.05) is 6.54 Å². The Labute approximate surface area is 141 Å². The molecule has 1 saturated heterocycles. The number of ether oxygens (including phenoxy) is 1. The van der Waals surface area contributed by atoms with E-state index in [2.05, 4.69) is 0 Å². The highest BCUT2D eigenvalue weighted by Crippen LogP contribution is 2.30. The van der Waals surface area contributed by atoms with Crippen LogP contribution in [0.15, 0.2) is 54.6 Å². The van der Waals surface area contributed by atoms with E-state index in [9.17, 15) is 9.59 Å². The zero-order valence-corrected chi connectivity index (χ0v) is 13.6. The van der Waals surface area contributed by atoms with Crippen LogP contribution in [0.1, 0.15) is 30.1 Å². The van der Waals surface area contributed by atoms with Gasteiger partial charge in [0.15, 0.2) is 0 Å². The van der Waals surface area contributed by atoms with E-state index < -0.39 is 11.4 Å². The van der Waals surface area contributed by atoms with Crippen molar-refractivity contribution in [3.63, 3.8) is 0 Å². The zero-order chi connectivity index (χ0) is 17.2. The highest BCUT2D eigenvalue weighted by molar-refractivity contribution is 5.99. The van der Waals surface area contributed by atoms with Crippen molar-refractivity contribution < 1.29 is 14.3 Å². The standard InChI is InChI=1S/C19H20N2O3/c1-19(18(20)23)12-5-13-21(19)17(22)14-8-10-16(11-9-14)24-15-6-3-2-4-7-15/h2-4,6-11H,5,12-13H2,1H3,(H2,20,23). The number of rotatable bonds is 4. The maximum absolute atomic E-state index is 12.7. The molecule has 0 spiro atoms. The first kappa shape index (κ1) is 16.1. The monoisotopic (exact) mass is 324 g/mol. The fourth-order valence-corrected chi connectivity index (χ4v) is 2.99. The summed E-state index contributed by atoms with van der Waals surface area (Å²) in [5.74, 6) is 0.742. The molecule has 24 heavy (non-hydrogen) atoms. The molecular weight excluding hydrogens is 304 g/mol. The number of nitrogens with zero attached hydrogens (tertiary/aromatic N) is 1. The molecule has 0 saturated carbocycles. The van der Waals surface area contributed by atoms with Gasteiger partial charge in [-0.25, -0.2) is 0 Å². The number of hydrogen-bond donors (Lipinski definition) is 1. The van der Waals surface area contributed by atoms with Crippen molar-refractivity contribution in [2.45, 2.75) is 25.3 Å². The molecule has 2 N–H and O–H groups in total. The molecule has 2 aromatic rings. The van der Waals surface area contributed by atoms with Gasteiger partial charge in [0.2, 0.25) is 5.91 Å². The fourth-order valence-electron chi connectivity index (χ4n) is 2.99. The predicted molar refractivity (Wildman–Crippen MR) is 90.8 cm³/mol. The Bertz CT molecular complexity index is 743. The Balaban J connectivity index is 1.76. The van der Waals surface area contributed by atoms with Crippen molar-refractivity contribution in [2.24, 2.45) is 5.73 Å². The number of amides is 2. The molecule has 0 bridgehead atoms. The van der Waals surface area contributed by atoms with Gasteiger partial charge in [-0.2, -0.15) is 0 Å². The lowest BCUT2D eigenvalue weighted by molar-refractivity contribution is -0.126. The van der Waals surface area contributed by atoms with Crippen LogP contribution in [-0.4, -0.2) is 28.8 Å². The first-order valence-corrected chi connectivity index (χ1v) is 7.95. The zero-order valence-electron chi connectivity index (χ0n) is 13.6. The van der Waals surface area contributed by atoms with Gasteiger partial charge < -0.3 is 15.4 Å². The topological polar surface area (TPSA) is 72.6 Å². The van der Waals surface area contributed by atoms with Crippen LogP contribution in [0.4, 0.5) is 0 Å². The van der Waals surface area contributed by atoms with Crippen molar-refractivity contribution in [1.29, 1.82) is 0 Å². The Hall–Kier alpha value is -2.82. The van der Waals surface area contributed by atoms with Crippen LogP contribution >= 0.6 is 0 Å². The van der Waals surface area contributed by atoms with Crippen molar-refractivity contribution in [1.82, 2.24) is 4.90 Å². The maximum atomic E-state index is 12.7. The van der Waals surface area contributed by atoms with Crippen LogP contribution in [0.5, 0.6) is 11.5 Å². The van der Waals surface area contributed by atoms with E-state index >= 15 is 0 Å². The molecular formula is C19H20N2O3. The van der Waals surface area contributed by atoms with Gasteiger partial charge in [0.1, 0.15) is 17.0 Å². The molecule has 124 valence electrons. The summed E-state index contributed by atoms with van der Waals surface area (Å²) in [6.45, 7) is 2.27. The van der Waals surface area contributed by atoms with Crippen LogP contribution in [0.3, 0.4) is 0 Å². The third-order valence-electron chi connectivity index (χ3n) is 4.50. The van der Waals surface area contributed by atoms with E-state index in [4.69, 9.17) is 10.5 Å². The highest BCUT2D eigenvalue weighted by Gasteiger charge is 2.44. The largest absolute Gasteiger partial charge is 0.457 e. The molecule has 0 aromatic heterocycles. The van der Waals surface area contributed by atoms with E-state index in [1.165, 1.54) is 0 Å². The van der Waals surface area contributed by atoms with E-state index in [0.29, 0.717) is 24.3 Å². The van der Waals surface area contributed by atoms with Gasteiger partial charge in [0.25, 0.3) is 5.91 Å². The molecule has 1 aliphatic rings. The number of carbonyl (C=O) groups excluding carboxylic acids is 2. The van der Waals surface area contributed by atoms with Crippen LogP contribution in [0.25, 0.3) is 0 Å². The second-order valence-corrected chi connectivity index (χ2v) is 6.14. The van der Waals surface area contributed by atoms with Crippen molar-refractivity contribution in [3.8, 4) is 11.5 Å². The Morgan fingerprint density at radius 2 is 1.67 bits per heavy atom. The van der Waals surface area contributed by atoms with E-state index in [-0.39, 0.29) is 5.91 Å². The minimum Gasteiger partial charge on any atom is -0.457 e. The van der Waals surface area contributed by atoms with E-state index in [0.717, 1.165) is 12.2 Å². The van der Waals surface area contributed by atoms with E-state index in [1.807, 2.05) is 30.3 Å². The summed E-state index contributed by atoms with van der Waals surface area (Å²) in [5.41, 5.74) is 5.11. The Kier molecular flexibility index (Phi) is 4.25. The van der Waals surface area contributed by atoms with Crippen LogP contribution in [-0.2, 0) is 4.79 Å². The normalized spacial score (nSPS) is 20.0.